The Balaban J connectivity index is 1.77. The highest BCUT2D eigenvalue weighted by atomic mass is 16.2. The van der Waals surface area contributed by atoms with Crippen LogP contribution in [-0.2, 0) is 0 Å². The Morgan fingerprint density at radius 1 is 1.20 bits per heavy atom. The molecule has 3 rings (SSSR count). The number of fused-ring (bicyclic) bond motifs is 4. The number of nitrogens with one attached hydrogen (secondary N) is 1. The number of aromatic nitrogens is 1. The summed E-state index contributed by atoms with van der Waals surface area (Å²) in [4.78, 5) is 27.0. The Labute approximate surface area is 150 Å². The Morgan fingerprint density at radius 2 is 2.04 bits per heavy atom. The van der Waals surface area contributed by atoms with E-state index in [9.17, 15) is 9.59 Å². The summed E-state index contributed by atoms with van der Waals surface area (Å²) in [5, 5.41) is 3.08. The molecule has 2 amide bonds. The molecule has 1 N–H and O–H groups in total. The van der Waals surface area contributed by atoms with Gasteiger partial charge in [0, 0.05) is 43.4 Å². The zero-order chi connectivity index (χ0) is 17.8. The van der Waals surface area contributed by atoms with Crippen molar-refractivity contribution in [1.29, 1.82) is 0 Å². The van der Waals surface area contributed by atoms with E-state index in [2.05, 4.69) is 25.2 Å². The normalized spacial score (nSPS) is 24.7. The third kappa shape index (κ3) is 3.75. The van der Waals surface area contributed by atoms with E-state index < -0.39 is 0 Å². The quantitative estimate of drug-likeness (QED) is 0.802. The van der Waals surface area contributed by atoms with Gasteiger partial charge in [-0.3, -0.25) is 4.79 Å². The Hall–Kier alpha value is -1.78. The van der Waals surface area contributed by atoms with Gasteiger partial charge < -0.3 is 14.8 Å². The van der Waals surface area contributed by atoms with Crippen LogP contribution in [0.25, 0.3) is 0 Å². The fourth-order valence-corrected chi connectivity index (χ4v) is 4.56. The summed E-state index contributed by atoms with van der Waals surface area (Å²) in [6.07, 6.45) is 6.50. The van der Waals surface area contributed by atoms with Crippen LogP contribution < -0.4 is 10.9 Å². The lowest BCUT2D eigenvalue weighted by molar-refractivity contribution is 0.102. The van der Waals surface area contributed by atoms with Gasteiger partial charge in [-0.25, -0.2) is 4.79 Å². The number of nitrogens with zero attached hydrogens (tertiary/aromatic N) is 2. The van der Waals surface area contributed by atoms with Crippen molar-refractivity contribution in [1.82, 2.24) is 14.8 Å². The van der Waals surface area contributed by atoms with Gasteiger partial charge in [-0.2, -0.15) is 0 Å². The standard InChI is InChI=1S/C20H31N3O2/c1-3-5-6-11-21-20(25)22-13-15-12-16(14-22)18-9-7-10-19(24)23(18)17(15)8-4-2/h7,9-10,15-17H,3-6,8,11-14H2,1-2H3,(H,21,25)/t15-,16+,17-/m0/s1. The summed E-state index contributed by atoms with van der Waals surface area (Å²) in [5.74, 6) is 0.662. The lowest BCUT2D eigenvalue weighted by Crippen LogP contribution is -2.53. The van der Waals surface area contributed by atoms with Crippen LogP contribution in [-0.4, -0.2) is 35.1 Å². The number of piperidine rings is 1. The van der Waals surface area contributed by atoms with Crippen molar-refractivity contribution >= 4 is 6.03 Å². The molecule has 5 nitrogen and oxygen atoms in total. The molecule has 2 aliphatic rings. The molecule has 0 aliphatic carbocycles. The molecule has 0 unspecified atom stereocenters. The molecular formula is C20H31N3O2. The molecule has 0 saturated carbocycles. The first-order valence-corrected chi connectivity index (χ1v) is 9.89. The molecule has 2 aliphatic heterocycles. The molecule has 3 atom stereocenters. The fraction of sp³-hybridized carbons (Fsp3) is 0.700. The predicted molar refractivity (Wildman–Crippen MR) is 100.0 cm³/mol. The van der Waals surface area contributed by atoms with Crippen LogP contribution in [0, 0.1) is 5.92 Å². The molecular weight excluding hydrogens is 314 g/mol. The number of carbonyl (C=O) groups is 1. The maximum Gasteiger partial charge on any atom is 0.317 e. The average Bonchev–Trinajstić information content (AvgIpc) is 2.62. The molecule has 0 radical (unpaired) electrons. The number of unbranched alkanes of at least 4 members (excludes halogenated alkanes) is 2. The van der Waals surface area contributed by atoms with Gasteiger partial charge in [-0.1, -0.05) is 39.2 Å². The SMILES string of the molecule is CCCCCNC(=O)N1C[C@H]2C[C@@H](C1)[C@H](CCC)n1c2cccc1=O. The second kappa shape index (κ2) is 8.07. The summed E-state index contributed by atoms with van der Waals surface area (Å²) in [6.45, 7) is 6.58. The third-order valence-electron chi connectivity index (χ3n) is 5.73. The molecule has 1 aromatic heterocycles. The second-order valence-electron chi connectivity index (χ2n) is 7.55. The van der Waals surface area contributed by atoms with Crippen molar-refractivity contribution in [2.75, 3.05) is 19.6 Å². The first kappa shape index (κ1) is 18.0. The highest BCUT2D eigenvalue weighted by molar-refractivity contribution is 5.74. The van der Waals surface area contributed by atoms with Gasteiger partial charge in [0.05, 0.1) is 0 Å². The molecule has 5 heteroatoms. The smallest absolute Gasteiger partial charge is 0.317 e. The van der Waals surface area contributed by atoms with Gasteiger partial charge in [0.2, 0.25) is 0 Å². The molecule has 2 bridgehead atoms. The number of urea groups is 1. The highest BCUT2D eigenvalue weighted by Crippen LogP contribution is 2.42. The maximum atomic E-state index is 12.6. The minimum Gasteiger partial charge on any atom is -0.338 e. The van der Waals surface area contributed by atoms with Crippen LogP contribution in [0.15, 0.2) is 23.0 Å². The number of amides is 2. The average molecular weight is 345 g/mol. The van der Waals surface area contributed by atoms with Gasteiger partial charge in [0.15, 0.2) is 0 Å². The van der Waals surface area contributed by atoms with Gasteiger partial charge >= 0.3 is 6.03 Å². The molecule has 1 fully saturated rings. The zero-order valence-electron chi connectivity index (χ0n) is 15.5. The van der Waals surface area contributed by atoms with E-state index in [0.717, 1.165) is 63.9 Å². The van der Waals surface area contributed by atoms with E-state index in [-0.39, 0.29) is 23.6 Å². The lowest BCUT2D eigenvalue weighted by Gasteiger charge is -2.47. The van der Waals surface area contributed by atoms with Crippen LogP contribution in [0.5, 0.6) is 0 Å². The largest absolute Gasteiger partial charge is 0.338 e. The van der Waals surface area contributed by atoms with E-state index in [1.54, 1.807) is 6.07 Å². The summed E-state index contributed by atoms with van der Waals surface area (Å²) in [7, 11) is 0. The number of hydrogen-bond acceptors (Lipinski definition) is 2. The topological polar surface area (TPSA) is 54.3 Å². The molecule has 0 spiro atoms. The maximum absolute atomic E-state index is 12.6. The van der Waals surface area contributed by atoms with Crippen LogP contribution in [0.1, 0.15) is 70.0 Å². The van der Waals surface area contributed by atoms with Crippen LogP contribution in [0.4, 0.5) is 4.79 Å². The van der Waals surface area contributed by atoms with Crippen LogP contribution in [0.2, 0.25) is 0 Å². The number of hydrogen-bond donors (Lipinski definition) is 1. The van der Waals surface area contributed by atoms with Crippen molar-refractivity contribution in [3.63, 3.8) is 0 Å². The van der Waals surface area contributed by atoms with E-state index in [1.807, 2.05) is 15.5 Å². The lowest BCUT2D eigenvalue weighted by atomic mass is 9.77. The third-order valence-corrected chi connectivity index (χ3v) is 5.73. The molecule has 1 saturated heterocycles. The summed E-state index contributed by atoms with van der Waals surface area (Å²) >= 11 is 0. The van der Waals surface area contributed by atoms with Crippen molar-refractivity contribution in [3.8, 4) is 0 Å². The van der Waals surface area contributed by atoms with Gasteiger partial charge in [0.1, 0.15) is 0 Å². The van der Waals surface area contributed by atoms with Crippen molar-refractivity contribution in [3.05, 3.63) is 34.2 Å². The van der Waals surface area contributed by atoms with Gasteiger partial charge in [0.25, 0.3) is 5.56 Å². The Morgan fingerprint density at radius 3 is 2.80 bits per heavy atom. The van der Waals surface area contributed by atoms with Crippen molar-refractivity contribution in [2.45, 2.75) is 64.3 Å². The highest BCUT2D eigenvalue weighted by Gasteiger charge is 2.41. The number of rotatable bonds is 6. The van der Waals surface area contributed by atoms with Gasteiger partial charge in [-0.05, 0) is 31.2 Å². The zero-order valence-corrected chi connectivity index (χ0v) is 15.5. The second-order valence-corrected chi connectivity index (χ2v) is 7.55. The van der Waals surface area contributed by atoms with Crippen molar-refractivity contribution < 1.29 is 4.79 Å². The monoisotopic (exact) mass is 345 g/mol. The fourth-order valence-electron chi connectivity index (χ4n) is 4.56. The van der Waals surface area contributed by atoms with E-state index >= 15 is 0 Å². The summed E-state index contributed by atoms with van der Waals surface area (Å²) in [5.41, 5.74) is 1.23. The predicted octanol–water partition coefficient (Wildman–Crippen LogP) is 3.51. The molecule has 25 heavy (non-hydrogen) atoms. The molecule has 0 aromatic carbocycles. The number of carbonyl (C=O) groups excluding carboxylic acids is 1. The van der Waals surface area contributed by atoms with E-state index in [1.165, 1.54) is 0 Å². The molecule has 1 aromatic rings. The minimum absolute atomic E-state index is 0.0628. The summed E-state index contributed by atoms with van der Waals surface area (Å²) < 4.78 is 2.03. The van der Waals surface area contributed by atoms with Crippen LogP contribution >= 0.6 is 0 Å². The molecule has 3 heterocycles. The number of pyridine rings is 1. The Kier molecular flexibility index (Phi) is 5.82. The first-order chi connectivity index (χ1) is 12.2. The van der Waals surface area contributed by atoms with E-state index in [0.29, 0.717) is 5.92 Å². The molecule has 138 valence electrons. The van der Waals surface area contributed by atoms with Gasteiger partial charge in [-0.15, -0.1) is 0 Å². The Bertz CT molecular complexity index is 655. The summed E-state index contributed by atoms with van der Waals surface area (Å²) in [6, 6.07) is 5.90. The minimum atomic E-state index is 0.0628. The van der Waals surface area contributed by atoms with Crippen molar-refractivity contribution in [2.24, 2.45) is 5.92 Å². The van der Waals surface area contributed by atoms with E-state index in [4.69, 9.17) is 0 Å². The van der Waals surface area contributed by atoms with Crippen LogP contribution in [0.3, 0.4) is 0 Å². The first-order valence-electron chi connectivity index (χ1n) is 9.89. The number of likely N-dealkylation sites (tertiary alicyclic amines) is 1.